The number of H-pyrrole nitrogens is 1. The maximum Gasteiger partial charge on any atom is 0.226 e. The summed E-state index contributed by atoms with van der Waals surface area (Å²) >= 11 is 1.76. The largest absolute Gasteiger partial charge is 0.370 e. The maximum absolute atomic E-state index is 6.09. The van der Waals surface area contributed by atoms with E-state index in [0.717, 1.165) is 52.3 Å². The van der Waals surface area contributed by atoms with Gasteiger partial charge in [-0.25, -0.2) is 9.97 Å². The molecule has 1 aliphatic rings. The number of morpholine rings is 1. The normalized spacial score (nSPS) is 17.8. The van der Waals surface area contributed by atoms with Crippen LogP contribution in [0.15, 0.2) is 36.7 Å². The van der Waals surface area contributed by atoms with Crippen LogP contribution in [0, 0.1) is 0 Å². The first-order chi connectivity index (χ1) is 13.7. The Balaban J connectivity index is 1.42. The fourth-order valence-corrected chi connectivity index (χ4v) is 4.80. The number of nitrogens with one attached hydrogen (secondary N) is 1. The summed E-state index contributed by atoms with van der Waals surface area (Å²) in [7, 11) is 4.16. The molecule has 144 valence electrons. The first-order valence-electron chi connectivity index (χ1n) is 9.36. The van der Waals surface area contributed by atoms with Crippen molar-refractivity contribution < 1.29 is 4.74 Å². The Kier molecular flexibility index (Phi) is 4.46. The van der Waals surface area contributed by atoms with E-state index in [2.05, 4.69) is 51.2 Å². The smallest absolute Gasteiger partial charge is 0.226 e. The van der Waals surface area contributed by atoms with Crippen molar-refractivity contribution in [1.29, 1.82) is 0 Å². The van der Waals surface area contributed by atoms with Crippen LogP contribution in [-0.4, -0.2) is 58.9 Å². The van der Waals surface area contributed by atoms with Crippen LogP contribution >= 0.6 is 11.3 Å². The molecule has 1 aliphatic heterocycles. The van der Waals surface area contributed by atoms with Gasteiger partial charge in [0.15, 0.2) is 0 Å². The molecule has 1 atom stereocenters. The first kappa shape index (κ1) is 17.5. The van der Waals surface area contributed by atoms with E-state index in [0.29, 0.717) is 6.61 Å². The Morgan fingerprint density at radius 2 is 2.25 bits per heavy atom. The minimum Gasteiger partial charge on any atom is -0.370 e. The lowest BCUT2D eigenvalue weighted by Crippen LogP contribution is -2.39. The third kappa shape index (κ3) is 3.23. The number of rotatable bonds is 4. The lowest BCUT2D eigenvalue weighted by molar-refractivity contribution is 0.0402. The summed E-state index contributed by atoms with van der Waals surface area (Å²) in [6.07, 6.45) is 3.79. The zero-order valence-electron chi connectivity index (χ0n) is 15.9. The predicted octanol–water partition coefficient (Wildman–Crippen LogP) is 3.21. The standard InChI is InChI=1S/C20H22N6OS/c1-25(2)11-13-8-17-19(28-13)10-21-20(23-17)26-6-7-27-18(12-26)14-4-3-5-16-15(14)9-22-24-16/h3-5,8-10,18H,6-7,11-12H2,1-2H3,(H,22,24). The van der Waals surface area contributed by atoms with Crippen molar-refractivity contribution in [2.75, 3.05) is 38.7 Å². The molecular weight excluding hydrogens is 372 g/mol. The van der Waals surface area contributed by atoms with Gasteiger partial charge in [0.1, 0.15) is 6.10 Å². The molecule has 3 aromatic heterocycles. The number of aromatic nitrogens is 4. The van der Waals surface area contributed by atoms with Crippen molar-refractivity contribution in [3.63, 3.8) is 0 Å². The second kappa shape index (κ2) is 7.12. The van der Waals surface area contributed by atoms with Crippen molar-refractivity contribution in [3.8, 4) is 0 Å². The van der Waals surface area contributed by atoms with Crippen molar-refractivity contribution >= 4 is 38.4 Å². The van der Waals surface area contributed by atoms with E-state index in [4.69, 9.17) is 9.72 Å². The molecule has 0 amide bonds. The van der Waals surface area contributed by atoms with Gasteiger partial charge in [0, 0.05) is 23.4 Å². The van der Waals surface area contributed by atoms with Crippen LogP contribution < -0.4 is 4.90 Å². The molecule has 1 fully saturated rings. The molecule has 1 unspecified atom stereocenters. The number of aromatic amines is 1. The summed E-state index contributed by atoms with van der Waals surface area (Å²) in [6.45, 7) is 3.09. The zero-order valence-corrected chi connectivity index (χ0v) is 16.7. The highest BCUT2D eigenvalue weighted by atomic mass is 32.1. The predicted molar refractivity (Wildman–Crippen MR) is 112 cm³/mol. The van der Waals surface area contributed by atoms with E-state index in [1.54, 1.807) is 11.3 Å². The van der Waals surface area contributed by atoms with Crippen LogP contribution in [0.3, 0.4) is 0 Å². The quantitative estimate of drug-likeness (QED) is 0.573. The summed E-state index contributed by atoms with van der Waals surface area (Å²) in [4.78, 5) is 15.2. The Morgan fingerprint density at radius 3 is 3.14 bits per heavy atom. The Morgan fingerprint density at radius 1 is 1.32 bits per heavy atom. The van der Waals surface area contributed by atoms with Crippen LogP contribution in [0.4, 0.5) is 5.95 Å². The van der Waals surface area contributed by atoms with Crippen LogP contribution in [0.25, 0.3) is 21.1 Å². The highest BCUT2D eigenvalue weighted by Gasteiger charge is 2.25. The summed E-state index contributed by atoms with van der Waals surface area (Å²) in [5.41, 5.74) is 3.20. The number of benzene rings is 1. The Labute approximate surface area is 167 Å². The average molecular weight is 395 g/mol. The van der Waals surface area contributed by atoms with Gasteiger partial charge >= 0.3 is 0 Å². The molecule has 1 aromatic carbocycles. The fraction of sp³-hybridized carbons (Fsp3) is 0.350. The van der Waals surface area contributed by atoms with Gasteiger partial charge in [-0.05, 0) is 31.8 Å². The van der Waals surface area contributed by atoms with Crippen molar-refractivity contribution in [2.24, 2.45) is 0 Å². The van der Waals surface area contributed by atoms with Gasteiger partial charge in [-0.2, -0.15) is 5.10 Å². The maximum atomic E-state index is 6.09. The molecule has 1 N–H and O–H groups in total. The molecule has 8 heteroatoms. The number of thiophene rings is 1. The molecule has 4 heterocycles. The molecule has 4 aromatic rings. The highest BCUT2D eigenvalue weighted by molar-refractivity contribution is 7.18. The Bertz CT molecular complexity index is 1120. The SMILES string of the molecule is CN(C)Cc1cc2nc(N3CCOC(c4cccc5[nH]ncc45)C3)ncc2s1. The molecule has 0 saturated carbocycles. The molecule has 0 spiro atoms. The minimum atomic E-state index is -0.0267. The van der Waals surface area contributed by atoms with Gasteiger partial charge in [0.25, 0.3) is 0 Å². The van der Waals surface area contributed by atoms with E-state index in [1.165, 1.54) is 4.88 Å². The topological polar surface area (TPSA) is 70.2 Å². The van der Waals surface area contributed by atoms with E-state index in [-0.39, 0.29) is 6.10 Å². The third-order valence-corrected chi connectivity index (χ3v) is 6.04. The molecule has 7 nitrogen and oxygen atoms in total. The molecule has 1 saturated heterocycles. The van der Waals surface area contributed by atoms with E-state index >= 15 is 0 Å². The summed E-state index contributed by atoms with van der Waals surface area (Å²) in [6, 6.07) is 8.36. The molecule has 28 heavy (non-hydrogen) atoms. The minimum absolute atomic E-state index is 0.0267. The van der Waals surface area contributed by atoms with Crippen molar-refractivity contribution in [3.05, 3.63) is 47.1 Å². The number of ether oxygens (including phenoxy) is 1. The number of nitrogens with zero attached hydrogens (tertiary/aromatic N) is 5. The number of fused-ring (bicyclic) bond motifs is 2. The molecular formula is C20H22N6OS. The molecule has 0 radical (unpaired) electrons. The number of hydrogen-bond acceptors (Lipinski definition) is 7. The zero-order chi connectivity index (χ0) is 19.1. The van der Waals surface area contributed by atoms with Gasteiger partial charge in [0.2, 0.25) is 5.95 Å². The van der Waals surface area contributed by atoms with E-state index in [1.807, 2.05) is 24.5 Å². The second-order valence-electron chi connectivity index (χ2n) is 7.35. The van der Waals surface area contributed by atoms with Crippen LogP contribution in [0.2, 0.25) is 0 Å². The van der Waals surface area contributed by atoms with Crippen molar-refractivity contribution in [1.82, 2.24) is 25.1 Å². The number of anilines is 1. The average Bonchev–Trinajstić information content (AvgIpc) is 3.32. The Hall–Kier alpha value is -2.55. The molecule has 0 aliphatic carbocycles. The van der Waals surface area contributed by atoms with E-state index < -0.39 is 0 Å². The summed E-state index contributed by atoms with van der Waals surface area (Å²) in [5.74, 6) is 0.773. The highest BCUT2D eigenvalue weighted by Crippen LogP contribution is 2.31. The first-order valence-corrected chi connectivity index (χ1v) is 10.2. The summed E-state index contributed by atoms with van der Waals surface area (Å²) in [5, 5.41) is 8.31. The van der Waals surface area contributed by atoms with Crippen molar-refractivity contribution in [2.45, 2.75) is 12.6 Å². The van der Waals surface area contributed by atoms with Gasteiger partial charge in [-0.3, -0.25) is 5.10 Å². The lowest BCUT2D eigenvalue weighted by Gasteiger charge is -2.33. The molecule has 5 rings (SSSR count). The monoisotopic (exact) mass is 394 g/mol. The summed E-state index contributed by atoms with van der Waals surface area (Å²) < 4.78 is 7.22. The van der Waals surface area contributed by atoms with Gasteiger partial charge in [-0.15, -0.1) is 11.3 Å². The van der Waals surface area contributed by atoms with Gasteiger partial charge in [0.05, 0.1) is 41.3 Å². The van der Waals surface area contributed by atoms with Crippen LogP contribution in [0.5, 0.6) is 0 Å². The van der Waals surface area contributed by atoms with Gasteiger partial charge in [-0.1, -0.05) is 12.1 Å². The third-order valence-electron chi connectivity index (χ3n) is 5.00. The van der Waals surface area contributed by atoms with Gasteiger partial charge < -0.3 is 14.5 Å². The lowest BCUT2D eigenvalue weighted by atomic mass is 10.0. The molecule has 0 bridgehead atoms. The fourth-order valence-electron chi connectivity index (χ4n) is 3.71. The number of hydrogen-bond donors (Lipinski definition) is 1. The second-order valence-corrected chi connectivity index (χ2v) is 8.52. The van der Waals surface area contributed by atoms with Crippen LogP contribution in [-0.2, 0) is 11.3 Å². The van der Waals surface area contributed by atoms with E-state index in [9.17, 15) is 0 Å². The van der Waals surface area contributed by atoms with Crippen LogP contribution in [0.1, 0.15) is 16.5 Å².